The van der Waals surface area contributed by atoms with E-state index in [1.165, 1.54) is 6.07 Å². The number of benzene rings is 2. The van der Waals surface area contributed by atoms with Crippen LogP contribution in [0, 0.1) is 5.82 Å². The van der Waals surface area contributed by atoms with Crippen LogP contribution in [0.2, 0.25) is 10.0 Å². The molecule has 3 fully saturated rings. The van der Waals surface area contributed by atoms with E-state index in [1.807, 2.05) is 0 Å². The molecule has 2 aliphatic heterocycles. The van der Waals surface area contributed by atoms with Crippen LogP contribution in [0.1, 0.15) is 70.9 Å². The predicted molar refractivity (Wildman–Crippen MR) is 149 cm³/mol. The highest BCUT2D eigenvalue weighted by molar-refractivity contribution is 6.39. The molecule has 2 aromatic heterocycles. The van der Waals surface area contributed by atoms with E-state index in [0.717, 1.165) is 31.7 Å². The largest absolute Gasteiger partial charge is 0.478 e. The molecule has 1 aliphatic carbocycles. The van der Waals surface area contributed by atoms with Crippen molar-refractivity contribution in [3.8, 4) is 11.3 Å². The number of imidazole rings is 1. The van der Waals surface area contributed by atoms with E-state index in [-0.39, 0.29) is 46.4 Å². The van der Waals surface area contributed by atoms with Gasteiger partial charge < -0.3 is 23.8 Å². The number of esters is 1. The molecule has 1 N–H and O–H groups in total. The highest BCUT2D eigenvalue weighted by Crippen LogP contribution is 2.47. The van der Waals surface area contributed by atoms with Gasteiger partial charge in [0.15, 0.2) is 11.6 Å². The molecule has 0 radical (unpaired) electrons. The number of aryl methyl sites for hydroxylation is 1. The maximum absolute atomic E-state index is 14.8. The van der Waals surface area contributed by atoms with Gasteiger partial charge in [0, 0.05) is 43.5 Å². The monoisotopic (exact) mass is 598 g/mol. The number of hydrogen-bond acceptors (Lipinski definition) is 7. The van der Waals surface area contributed by atoms with E-state index in [4.69, 9.17) is 32.5 Å². The Morgan fingerprint density at radius 1 is 1.10 bits per heavy atom. The number of carbonyl (C=O) groups excluding carboxylic acids is 1. The van der Waals surface area contributed by atoms with Crippen molar-refractivity contribution in [3.63, 3.8) is 0 Å². The fourth-order valence-corrected chi connectivity index (χ4v) is 6.94. The summed E-state index contributed by atoms with van der Waals surface area (Å²) in [6, 6.07) is 7.57. The van der Waals surface area contributed by atoms with Crippen molar-refractivity contribution in [2.75, 3.05) is 4.90 Å². The summed E-state index contributed by atoms with van der Waals surface area (Å²) in [5.41, 5.74) is 1.42. The van der Waals surface area contributed by atoms with E-state index < -0.39 is 17.8 Å². The molecular weight excluding hydrogens is 574 g/mol. The van der Waals surface area contributed by atoms with Gasteiger partial charge in [-0.1, -0.05) is 34.4 Å². The number of anilines is 1. The van der Waals surface area contributed by atoms with E-state index in [2.05, 4.69) is 15.0 Å². The maximum atomic E-state index is 14.8. The number of fused-ring (bicyclic) bond motifs is 3. The molecule has 2 aromatic carbocycles. The normalized spacial score (nSPS) is 22.0. The average Bonchev–Trinajstić information content (AvgIpc) is 3.52. The van der Waals surface area contributed by atoms with Gasteiger partial charge in [-0.05, 0) is 49.9 Å². The van der Waals surface area contributed by atoms with Crippen molar-refractivity contribution in [2.45, 2.75) is 62.6 Å². The third kappa shape index (κ3) is 4.35. The molecule has 0 spiro atoms. The topological polar surface area (TPSA) is 111 Å². The Bertz CT molecular complexity index is 1700. The van der Waals surface area contributed by atoms with Gasteiger partial charge in [0.1, 0.15) is 22.9 Å². The standard InChI is InChI=1S/C29H25Cl2FN4O5/c1-35-21-10-14(27(37)38)9-20(32)24(21)33-29(35)36-15-7-8-16(36)12-17(11-15)40-28(39)23-25(34-41-26(23)13-5-6-13)22-18(30)3-2-4-19(22)31/h2-4,9-10,13,15-17H,5-8,11-12H2,1H3,(H,37,38). The Balaban J connectivity index is 1.16. The van der Waals surface area contributed by atoms with Crippen molar-refractivity contribution < 1.29 is 28.3 Å². The van der Waals surface area contributed by atoms with Crippen LogP contribution >= 0.6 is 23.2 Å². The molecule has 12 heteroatoms. The first-order valence-corrected chi connectivity index (χ1v) is 14.3. The van der Waals surface area contributed by atoms with Crippen LogP contribution in [0.25, 0.3) is 22.3 Å². The summed E-state index contributed by atoms with van der Waals surface area (Å²) in [5.74, 6) is -1.20. The van der Waals surface area contributed by atoms with E-state index >= 15 is 0 Å². The van der Waals surface area contributed by atoms with Crippen LogP contribution in [-0.4, -0.2) is 49.9 Å². The lowest BCUT2D eigenvalue weighted by Crippen LogP contribution is -2.47. The molecule has 41 heavy (non-hydrogen) atoms. The molecular formula is C29H25Cl2FN4O5. The van der Waals surface area contributed by atoms with Gasteiger partial charge in [-0.15, -0.1) is 0 Å². The van der Waals surface area contributed by atoms with Crippen molar-refractivity contribution >= 4 is 52.1 Å². The number of nitrogens with zero attached hydrogens (tertiary/aromatic N) is 4. The quantitative estimate of drug-likeness (QED) is 0.247. The molecule has 9 nitrogen and oxygen atoms in total. The zero-order chi connectivity index (χ0) is 28.6. The molecule has 4 aromatic rings. The minimum atomic E-state index is -1.20. The van der Waals surface area contributed by atoms with Gasteiger partial charge in [0.05, 0.1) is 21.1 Å². The number of carboxylic acids is 1. The summed E-state index contributed by atoms with van der Waals surface area (Å²) in [6.07, 6.45) is 4.33. The number of aromatic carboxylic acids is 1. The maximum Gasteiger partial charge on any atom is 0.344 e. The Morgan fingerprint density at radius 2 is 1.78 bits per heavy atom. The van der Waals surface area contributed by atoms with Crippen LogP contribution in [0.4, 0.5) is 10.3 Å². The zero-order valence-electron chi connectivity index (χ0n) is 21.9. The first-order chi connectivity index (χ1) is 19.7. The number of piperidine rings is 1. The number of ether oxygens (including phenoxy) is 1. The first-order valence-electron chi connectivity index (χ1n) is 13.5. The Hall–Kier alpha value is -3.63. The van der Waals surface area contributed by atoms with Gasteiger partial charge in [-0.25, -0.2) is 19.0 Å². The Morgan fingerprint density at radius 3 is 2.41 bits per heavy atom. The van der Waals surface area contributed by atoms with Gasteiger partial charge >= 0.3 is 11.9 Å². The fraction of sp³-hybridized carbons (Fsp3) is 0.379. The van der Waals surface area contributed by atoms with Crippen molar-refractivity contribution in [3.05, 3.63) is 63.1 Å². The lowest BCUT2D eigenvalue weighted by atomic mass is 9.99. The summed E-state index contributed by atoms with van der Waals surface area (Å²) >= 11 is 12.9. The summed E-state index contributed by atoms with van der Waals surface area (Å²) < 4.78 is 28.3. The second-order valence-electron chi connectivity index (χ2n) is 11.0. The average molecular weight is 599 g/mol. The molecule has 0 amide bonds. The number of rotatable bonds is 6. The second kappa shape index (κ2) is 9.73. The molecule has 212 valence electrons. The van der Waals surface area contributed by atoms with Crippen LogP contribution in [0.3, 0.4) is 0 Å². The van der Waals surface area contributed by atoms with Crippen LogP contribution < -0.4 is 4.90 Å². The van der Waals surface area contributed by atoms with E-state index in [1.54, 1.807) is 29.8 Å². The number of halogens is 3. The number of carboxylic acid groups (broad SMARTS) is 1. The summed E-state index contributed by atoms with van der Waals surface area (Å²) in [6.45, 7) is 0. The van der Waals surface area contributed by atoms with Crippen LogP contribution in [0.5, 0.6) is 0 Å². The molecule has 2 atom stereocenters. The highest BCUT2D eigenvalue weighted by atomic mass is 35.5. The number of hydrogen-bond donors (Lipinski definition) is 1. The molecule has 1 saturated carbocycles. The lowest BCUT2D eigenvalue weighted by molar-refractivity contribution is 0.0201. The van der Waals surface area contributed by atoms with Gasteiger partial charge in [-0.3, -0.25) is 0 Å². The third-order valence-electron chi connectivity index (χ3n) is 8.43. The predicted octanol–water partition coefficient (Wildman–Crippen LogP) is 6.61. The Labute approximate surface area is 243 Å². The number of carbonyl (C=O) groups is 2. The minimum Gasteiger partial charge on any atom is -0.478 e. The number of aromatic nitrogens is 3. The van der Waals surface area contributed by atoms with Crippen molar-refractivity contribution in [1.29, 1.82) is 0 Å². The highest BCUT2D eigenvalue weighted by Gasteiger charge is 2.45. The second-order valence-corrected chi connectivity index (χ2v) is 11.8. The van der Waals surface area contributed by atoms with E-state index in [0.29, 0.717) is 45.7 Å². The Kier molecular flexibility index (Phi) is 6.24. The van der Waals surface area contributed by atoms with Gasteiger partial charge in [-0.2, -0.15) is 0 Å². The SMILES string of the molecule is Cn1c(N2C3CCC2CC(OC(=O)c2c(-c4c(Cl)cccc4Cl)noc2C2CC2)C3)nc2c(F)cc(C(=O)O)cc21. The van der Waals surface area contributed by atoms with Crippen molar-refractivity contribution in [1.82, 2.24) is 14.7 Å². The molecule has 3 aliphatic rings. The molecule has 4 heterocycles. The fourth-order valence-electron chi connectivity index (χ4n) is 6.37. The van der Waals surface area contributed by atoms with Crippen molar-refractivity contribution in [2.24, 2.45) is 7.05 Å². The summed E-state index contributed by atoms with van der Waals surface area (Å²) in [5, 5.41) is 14.3. The molecule has 2 unspecified atom stereocenters. The first kappa shape index (κ1) is 26.3. The minimum absolute atomic E-state index is 0.0203. The zero-order valence-corrected chi connectivity index (χ0v) is 23.5. The lowest BCUT2D eigenvalue weighted by Gasteiger charge is -2.39. The van der Waals surface area contributed by atoms with Gasteiger partial charge in [0.25, 0.3) is 0 Å². The summed E-state index contributed by atoms with van der Waals surface area (Å²) in [4.78, 5) is 31.9. The third-order valence-corrected chi connectivity index (χ3v) is 9.06. The molecule has 2 bridgehead atoms. The molecule has 7 rings (SSSR count). The smallest absolute Gasteiger partial charge is 0.344 e. The van der Waals surface area contributed by atoms with Gasteiger partial charge in [0.2, 0.25) is 5.95 Å². The summed E-state index contributed by atoms with van der Waals surface area (Å²) in [7, 11) is 1.76. The van der Waals surface area contributed by atoms with E-state index in [9.17, 15) is 19.1 Å². The van der Waals surface area contributed by atoms with Crippen LogP contribution in [-0.2, 0) is 11.8 Å². The van der Waals surface area contributed by atoms with Crippen LogP contribution in [0.15, 0.2) is 34.9 Å². The molecule has 2 saturated heterocycles.